The van der Waals surface area contributed by atoms with Gasteiger partial charge in [-0.25, -0.2) is 9.97 Å². The number of hydrogen-bond donors (Lipinski definition) is 1. The van der Waals surface area contributed by atoms with E-state index < -0.39 is 0 Å². The van der Waals surface area contributed by atoms with Crippen LogP contribution < -0.4 is 10.2 Å². The molecule has 1 aliphatic rings. The molecule has 0 saturated carbocycles. The minimum atomic E-state index is 0.460. The lowest BCUT2D eigenvalue weighted by Gasteiger charge is -2.31. The molecule has 0 bridgehead atoms. The molecule has 1 atom stereocenters. The van der Waals surface area contributed by atoms with Gasteiger partial charge in [0, 0.05) is 30.4 Å². The minimum Gasteiger partial charge on any atom is -0.353 e. The van der Waals surface area contributed by atoms with Crippen molar-refractivity contribution >= 4 is 5.82 Å². The Labute approximate surface area is 116 Å². The summed E-state index contributed by atoms with van der Waals surface area (Å²) in [5.41, 5.74) is 1.13. The summed E-state index contributed by atoms with van der Waals surface area (Å²) in [6, 6.07) is 3.20. The fourth-order valence-corrected chi connectivity index (χ4v) is 2.66. The van der Waals surface area contributed by atoms with E-state index in [1.807, 2.05) is 6.92 Å². The molecular weight excluding hydrogens is 236 g/mol. The van der Waals surface area contributed by atoms with Gasteiger partial charge in [0.2, 0.25) is 0 Å². The van der Waals surface area contributed by atoms with Crippen molar-refractivity contribution in [3.63, 3.8) is 0 Å². The smallest absolute Gasteiger partial charge is 0.132 e. The van der Waals surface area contributed by atoms with E-state index in [-0.39, 0.29) is 0 Å². The molecule has 4 heteroatoms. The Kier molecular flexibility index (Phi) is 4.75. The van der Waals surface area contributed by atoms with Crippen molar-refractivity contribution in [3.05, 3.63) is 17.6 Å². The highest BCUT2D eigenvalue weighted by Crippen LogP contribution is 2.18. The van der Waals surface area contributed by atoms with E-state index in [4.69, 9.17) is 0 Å². The molecule has 2 heterocycles. The zero-order chi connectivity index (χ0) is 13.8. The Bertz CT molecular complexity index is 411. The number of anilines is 1. The van der Waals surface area contributed by atoms with Crippen LogP contribution in [0.2, 0.25) is 0 Å². The zero-order valence-corrected chi connectivity index (χ0v) is 12.6. The molecule has 1 saturated heterocycles. The van der Waals surface area contributed by atoms with Gasteiger partial charge in [0.15, 0.2) is 0 Å². The predicted octanol–water partition coefficient (Wildman–Crippen LogP) is 2.31. The summed E-state index contributed by atoms with van der Waals surface area (Å²) in [6.45, 7) is 10.8. The maximum absolute atomic E-state index is 4.63. The van der Waals surface area contributed by atoms with Crippen molar-refractivity contribution < 1.29 is 0 Å². The molecule has 1 N–H and O–H groups in total. The predicted molar refractivity (Wildman–Crippen MR) is 79.7 cm³/mol. The molecule has 1 unspecified atom stereocenters. The summed E-state index contributed by atoms with van der Waals surface area (Å²) in [7, 11) is 0. The van der Waals surface area contributed by atoms with E-state index in [9.17, 15) is 0 Å². The topological polar surface area (TPSA) is 41.0 Å². The highest BCUT2D eigenvalue weighted by molar-refractivity contribution is 5.41. The molecule has 4 nitrogen and oxygen atoms in total. The number of rotatable bonds is 5. The molecule has 1 aliphatic heterocycles. The lowest BCUT2D eigenvalue weighted by Crippen LogP contribution is -2.42. The fourth-order valence-electron chi connectivity index (χ4n) is 2.66. The fraction of sp³-hybridized carbons (Fsp3) is 0.733. The van der Waals surface area contributed by atoms with Crippen molar-refractivity contribution in [2.45, 2.75) is 59.0 Å². The summed E-state index contributed by atoms with van der Waals surface area (Å²) in [6.07, 6.45) is 3.53. The Morgan fingerprint density at radius 3 is 2.79 bits per heavy atom. The van der Waals surface area contributed by atoms with Crippen LogP contribution in [0.15, 0.2) is 6.07 Å². The van der Waals surface area contributed by atoms with Gasteiger partial charge in [-0.15, -0.1) is 0 Å². The van der Waals surface area contributed by atoms with Crippen LogP contribution in [0.4, 0.5) is 5.82 Å². The third kappa shape index (κ3) is 3.66. The van der Waals surface area contributed by atoms with Crippen LogP contribution in [-0.4, -0.2) is 35.1 Å². The summed E-state index contributed by atoms with van der Waals surface area (Å²) < 4.78 is 0. The molecule has 0 radical (unpaired) electrons. The third-order valence-corrected chi connectivity index (χ3v) is 3.74. The van der Waals surface area contributed by atoms with Gasteiger partial charge < -0.3 is 10.2 Å². The molecule has 0 aliphatic carbocycles. The Morgan fingerprint density at radius 1 is 1.42 bits per heavy atom. The van der Waals surface area contributed by atoms with Crippen molar-refractivity contribution in [1.82, 2.24) is 15.3 Å². The van der Waals surface area contributed by atoms with Gasteiger partial charge in [-0.1, -0.05) is 6.92 Å². The van der Waals surface area contributed by atoms with Gasteiger partial charge in [-0.05, 0) is 46.6 Å². The van der Waals surface area contributed by atoms with Crippen LogP contribution in [0.1, 0.15) is 45.1 Å². The quantitative estimate of drug-likeness (QED) is 0.884. The van der Waals surface area contributed by atoms with Gasteiger partial charge >= 0.3 is 0 Å². The summed E-state index contributed by atoms with van der Waals surface area (Å²) in [5, 5.41) is 3.57. The number of hydrogen-bond acceptors (Lipinski definition) is 4. The van der Waals surface area contributed by atoms with E-state index >= 15 is 0 Å². The van der Waals surface area contributed by atoms with Gasteiger partial charge in [0.25, 0.3) is 0 Å². The first-order valence-corrected chi connectivity index (χ1v) is 7.44. The first-order chi connectivity index (χ1) is 9.10. The molecule has 0 amide bonds. The summed E-state index contributed by atoms with van der Waals surface area (Å²) in [5.74, 6) is 1.95. The average molecular weight is 262 g/mol. The highest BCUT2D eigenvalue weighted by atomic mass is 15.2. The SMILES string of the molecule is CCc1cc(N(CC2CCCN2)C(C)C)nc(C)n1. The van der Waals surface area contributed by atoms with E-state index in [0.717, 1.165) is 36.8 Å². The van der Waals surface area contributed by atoms with E-state index in [2.05, 4.69) is 47.0 Å². The van der Waals surface area contributed by atoms with Gasteiger partial charge in [-0.3, -0.25) is 0 Å². The lowest BCUT2D eigenvalue weighted by molar-refractivity contribution is 0.548. The average Bonchev–Trinajstić information content (AvgIpc) is 2.87. The van der Waals surface area contributed by atoms with E-state index in [0.29, 0.717) is 12.1 Å². The highest BCUT2D eigenvalue weighted by Gasteiger charge is 2.21. The van der Waals surface area contributed by atoms with Crippen molar-refractivity contribution in [2.75, 3.05) is 18.0 Å². The molecule has 1 aromatic rings. The van der Waals surface area contributed by atoms with Crippen molar-refractivity contribution in [2.24, 2.45) is 0 Å². The molecular formula is C15H26N4. The molecule has 0 spiro atoms. The summed E-state index contributed by atoms with van der Waals surface area (Å²) >= 11 is 0. The number of nitrogens with zero attached hydrogens (tertiary/aromatic N) is 3. The zero-order valence-electron chi connectivity index (χ0n) is 12.6. The normalized spacial score (nSPS) is 19.1. The Balaban J connectivity index is 2.19. The maximum Gasteiger partial charge on any atom is 0.132 e. The van der Waals surface area contributed by atoms with Gasteiger partial charge in [-0.2, -0.15) is 0 Å². The summed E-state index contributed by atoms with van der Waals surface area (Å²) in [4.78, 5) is 11.5. The van der Waals surface area contributed by atoms with Gasteiger partial charge in [0.1, 0.15) is 11.6 Å². The first kappa shape index (κ1) is 14.3. The van der Waals surface area contributed by atoms with Crippen molar-refractivity contribution in [3.8, 4) is 0 Å². The molecule has 106 valence electrons. The minimum absolute atomic E-state index is 0.460. The van der Waals surface area contributed by atoms with E-state index in [1.54, 1.807) is 0 Å². The lowest BCUT2D eigenvalue weighted by atomic mass is 10.2. The maximum atomic E-state index is 4.63. The van der Waals surface area contributed by atoms with Crippen LogP contribution in [0, 0.1) is 6.92 Å². The second-order valence-electron chi connectivity index (χ2n) is 5.66. The van der Waals surface area contributed by atoms with Gasteiger partial charge in [0.05, 0.1) is 0 Å². The molecule has 1 aromatic heterocycles. The Morgan fingerprint density at radius 2 is 2.21 bits per heavy atom. The largest absolute Gasteiger partial charge is 0.353 e. The molecule has 2 rings (SSSR count). The van der Waals surface area contributed by atoms with Crippen LogP contribution >= 0.6 is 0 Å². The van der Waals surface area contributed by atoms with Crippen LogP contribution in [0.5, 0.6) is 0 Å². The van der Waals surface area contributed by atoms with Crippen molar-refractivity contribution in [1.29, 1.82) is 0 Å². The number of aromatic nitrogens is 2. The second-order valence-corrected chi connectivity index (χ2v) is 5.66. The van der Waals surface area contributed by atoms with Crippen LogP contribution in [0.3, 0.4) is 0 Å². The van der Waals surface area contributed by atoms with Crippen LogP contribution in [-0.2, 0) is 6.42 Å². The van der Waals surface area contributed by atoms with Crippen LogP contribution in [0.25, 0.3) is 0 Å². The monoisotopic (exact) mass is 262 g/mol. The third-order valence-electron chi connectivity index (χ3n) is 3.74. The number of aryl methyl sites for hydroxylation is 2. The molecule has 19 heavy (non-hydrogen) atoms. The first-order valence-electron chi connectivity index (χ1n) is 7.44. The Hall–Kier alpha value is -1.16. The molecule has 0 aromatic carbocycles. The molecule has 1 fully saturated rings. The van der Waals surface area contributed by atoms with E-state index in [1.165, 1.54) is 12.8 Å². The number of nitrogens with one attached hydrogen (secondary N) is 1. The standard InChI is InChI=1S/C15H26N4/c1-5-13-9-15(18-12(4)17-13)19(11(2)3)10-14-7-6-8-16-14/h9,11,14,16H,5-8,10H2,1-4H3. The second kappa shape index (κ2) is 6.33.